The van der Waals surface area contributed by atoms with Crippen molar-refractivity contribution in [1.29, 1.82) is 0 Å². The van der Waals surface area contributed by atoms with Crippen molar-refractivity contribution >= 4 is 23.6 Å². The number of carboxylic acid groups (broad SMARTS) is 1. The van der Waals surface area contributed by atoms with Gasteiger partial charge in [0.1, 0.15) is 6.54 Å². The lowest BCUT2D eigenvalue weighted by atomic mass is 10.2. The van der Waals surface area contributed by atoms with E-state index < -0.39 is 5.97 Å². The van der Waals surface area contributed by atoms with E-state index in [0.717, 1.165) is 12.2 Å². The summed E-state index contributed by atoms with van der Waals surface area (Å²) < 4.78 is 0. The van der Waals surface area contributed by atoms with E-state index in [1.807, 2.05) is 0 Å². The molecule has 2 unspecified atom stereocenters. The molecule has 0 radical (unpaired) electrons. The summed E-state index contributed by atoms with van der Waals surface area (Å²) in [5.41, 5.74) is 0. The number of thioether (sulfide) groups is 1. The van der Waals surface area contributed by atoms with E-state index >= 15 is 0 Å². The van der Waals surface area contributed by atoms with Crippen LogP contribution in [0.2, 0.25) is 0 Å². The predicted octanol–water partition coefficient (Wildman–Crippen LogP) is -0.213. The van der Waals surface area contributed by atoms with Crippen LogP contribution in [0.4, 0.5) is 0 Å². The molecule has 2 atom stereocenters. The molecule has 0 aromatic heterocycles. The molecule has 1 amide bonds. The maximum atomic E-state index is 11.3. The van der Waals surface area contributed by atoms with Crippen molar-refractivity contribution in [3.8, 4) is 0 Å². The molecule has 12 heavy (non-hydrogen) atoms. The molecular weight excluding hydrogens is 178 g/mol. The summed E-state index contributed by atoms with van der Waals surface area (Å²) in [4.78, 5) is 23.2. The molecule has 2 rings (SSSR count). The van der Waals surface area contributed by atoms with Crippen molar-refractivity contribution in [2.45, 2.75) is 17.7 Å². The molecule has 66 valence electrons. The Hall–Kier alpha value is -0.710. The summed E-state index contributed by atoms with van der Waals surface area (Å²) in [6.07, 6.45) is 0.844. The summed E-state index contributed by atoms with van der Waals surface area (Å²) in [6, 6.07) is 0.184. The lowest BCUT2D eigenvalue weighted by Crippen LogP contribution is -2.41. The molecule has 2 saturated heterocycles. The summed E-state index contributed by atoms with van der Waals surface area (Å²) in [5, 5.41) is 8.57. The van der Waals surface area contributed by atoms with E-state index in [4.69, 9.17) is 5.11 Å². The maximum Gasteiger partial charge on any atom is 0.323 e. The molecule has 2 aliphatic rings. The number of rotatable bonds is 2. The standard InChI is InChI=1S/C7H9NO3S/c9-6(10)2-8-4-1-5(7(8)11)12-3-4/h4-5H,1-3H2,(H,9,10). The first-order chi connectivity index (χ1) is 5.68. The maximum absolute atomic E-state index is 11.3. The van der Waals surface area contributed by atoms with Crippen molar-refractivity contribution < 1.29 is 14.7 Å². The Kier molecular flexibility index (Phi) is 1.75. The van der Waals surface area contributed by atoms with Crippen LogP contribution in [-0.4, -0.2) is 45.5 Å². The summed E-state index contributed by atoms with van der Waals surface area (Å²) in [7, 11) is 0. The zero-order valence-electron chi connectivity index (χ0n) is 6.40. The Morgan fingerprint density at radius 1 is 1.75 bits per heavy atom. The van der Waals surface area contributed by atoms with Gasteiger partial charge in [0.15, 0.2) is 0 Å². The minimum Gasteiger partial charge on any atom is -0.480 e. The van der Waals surface area contributed by atoms with Gasteiger partial charge in [-0.15, -0.1) is 11.8 Å². The predicted molar refractivity (Wildman–Crippen MR) is 44.0 cm³/mol. The smallest absolute Gasteiger partial charge is 0.323 e. The Morgan fingerprint density at radius 3 is 3.00 bits per heavy atom. The monoisotopic (exact) mass is 187 g/mol. The Labute approximate surface area is 73.9 Å². The average Bonchev–Trinajstić information content (AvgIpc) is 2.53. The molecule has 4 nitrogen and oxygen atoms in total. The molecule has 0 aliphatic carbocycles. The highest BCUT2D eigenvalue weighted by Gasteiger charge is 2.45. The van der Waals surface area contributed by atoms with Crippen LogP contribution in [0.5, 0.6) is 0 Å². The van der Waals surface area contributed by atoms with Crippen molar-refractivity contribution in [1.82, 2.24) is 4.90 Å². The van der Waals surface area contributed by atoms with Gasteiger partial charge in [0, 0.05) is 11.8 Å². The third kappa shape index (κ3) is 1.08. The largest absolute Gasteiger partial charge is 0.480 e. The van der Waals surface area contributed by atoms with Gasteiger partial charge < -0.3 is 10.0 Å². The lowest BCUT2D eigenvalue weighted by Gasteiger charge is -2.24. The first kappa shape index (κ1) is 7.91. The van der Waals surface area contributed by atoms with Crippen LogP contribution in [0.1, 0.15) is 6.42 Å². The molecule has 5 heteroatoms. The van der Waals surface area contributed by atoms with Crippen LogP contribution in [-0.2, 0) is 9.59 Å². The van der Waals surface area contributed by atoms with Gasteiger partial charge in [0.2, 0.25) is 5.91 Å². The molecule has 2 fully saturated rings. The Bertz CT molecular complexity index is 243. The van der Waals surface area contributed by atoms with Crippen molar-refractivity contribution in [2.24, 2.45) is 0 Å². The van der Waals surface area contributed by atoms with E-state index in [-0.39, 0.29) is 23.7 Å². The van der Waals surface area contributed by atoms with Crippen LogP contribution in [0.15, 0.2) is 0 Å². The molecular formula is C7H9NO3S. The minimum absolute atomic E-state index is 0.0126. The van der Waals surface area contributed by atoms with E-state index in [1.54, 1.807) is 11.8 Å². The van der Waals surface area contributed by atoms with Crippen LogP contribution in [0.3, 0.4) is 0 Å². The van der Waals surface area contributed by atoms with Gasteiger partial charge in [-0.05, 0) is 6.42 Å². The SMILES string of the molecule is O=C(O)CN1C(=O)C2CC1CS2. The third-order valence-electron chi connectivity index (χ3n) is 2.28. The van der Waals surface area contributed by atoms with Crippen LogP contribution < -0.4 is 0 Å². The van der Waals surface area contributed by atoms with Gasteiger partial charge in [-0.1, -0.05) is 0 Å². The highest BCUT2D eigenvalue weighted by molar-refractivity contribution is 8.01. The quantitative estimate of drug-likeness (QED) is 0.649. The molecule has 0 aromatic carbocycles. The molecule has 2 heterocycles. The number of hydrogen-bond donors (Lipinski definition) is 1. The molecule has 2 bridgehead atoms. The van der Waals surface area contributed by atoms with E-state index in [0.29, 0.717) is 0 Å². The van der Waals surface area contributed by atoms with Crippen LogP contribution >= 0.6 is 11.8 Å². The summed E-state index contributed by atoms with van der Waals surface area (Å²) >= 11 is 1.65. The lowest BCUT2D eigenvalue weighted by molar-refractivity contribution is -0.143. The first-order valence-electron chi connectivity index (χ1n) is 3.82. The fourth-order valence-electron chi connectivity index (χ4n) is 1.72. The number of carbonyl (C=O) groups excluding carboxylic acids is 1. The van der Waals surface area contributed by atoms with Gasteiger partial charge in [-0.2, -0.15) is 0 Å². The number of likely N-dealkylation sites (tertiary alicyclic amines) is 1. The summed E-state index contributed by atoms with van der Waals surface area (Å²) in [5.74, 6) is 0.00324. The Balaban J connectivity index is 2.07. The zero-order valence-corrected chi connectivity index (χ0v) is 7.21. The molecule has 1 N–H and O–H groups in total. The van der Waals surface area contributed by atoms with Crippen LogP contribution in [0, 0.1) is 0 Å². The second-order valence-electron chi connectivity index (χ2n) is 3.07. The first-order valence-corrected chi connectivity index (χ1v) is 4.87. The molecule has 0 spiro atoms. The van der Waals surface area contributed by atoms with E-state index in [9.17, 15) is 9.59 Å². The second kappa shape index (κ2) is 2.65. The normalized spacial score (nSPS) is 33.0. The molecule has 0 aromatic rings. The Morgan fingerprint density at radius 2 is 2.50 bits per heavy atom. The number of aliphatic carboxylic acids is 1. The van der Waals surface area contributed by atoms with Gasteiger partial charge in [-0.25, -0.2) is 0 Å². The van der Waals surface area contributed by atoms with Gasteiger partial charge in [-0.3, -0.25) is 9.59 Å². The molecule has 0 saturated carbocycles. The van der Waals surface area contributed by atoms with Crippen molar-refractivity contribution in [3.05, 3.63) is 0 Å². The van der Waals surface area contributed by atoms with E-state index in [2.05, 4.69) is 0 Å². The fourth-order valence-corrected chi connectivity index (χ4v) is 3.12. The zero-order chi connectivity index (χ0) is 8.72. The van der Waals surface area contributed by atoms with Crippen molar-refractivity contribution in [3.63, 3.8) is 0 Å². The summed E-state index contributed by atoms with van der Waals surface area (Å²) in [6.45, 7) is -0.124. The minimum atomic E-state index is -0.916. The second-order valence-corrected chi connectivity index (χ2v) is 4.31. The molecule has 2 aliphatic heterocycles. The van der Waals surface area contributed by atoms with Gasteiger partial charge >= 0.3 is 5.97 Å². The highest BCUT2D eigenvalue weighted by atomic mass is 32.2. The fraction of sp³-hybridized carbons (Fsp3) is 0.714. The highest BCUT2D eigenvalue weighted by Crippen LogP contribution is 2.38. The average molecular weight is 187 g/mol. The number of carboxylic acids is 1. The van der Waals surface area contributed by atoms with Gasteiger partial charge in [0.05, 0.1) is 5.25 Å². The number of hydrogen-bond acceptors (Lipinski definition) is 3. The number of carbonyl (C=O) groups is 2. The number of fused-ring (bicyclic) bond motifs is 2. The number of nitrogens with zero attached hydrogens (tertiary/aromatic N) is 1. The number of amides is 1. The van der Waals surface area contributed by atoms with Crippen LogP contribution in [0.25, 0.3) is 0 Å². The third-order valence-corrected chi connectivity index (χ3v) is 3.65. The van der Waals surface area contributed by atoms with Crippen molar-refractivity contribution in [2.75, 3.05) is 12.3 Å². The topological polar surface area (TPSA) is 57.6 Å². The van der Waals surface area contributed by atoms with Gasteiger partial charge in [0.25, 0.3) is 0 Å². The van der Waals surface area contributed by atoms with E-state index in [1.165, 1.54) is 4.90 Å².